The molecule has 5 aliphatic heterocycles. The van der Waals surface area contributed by atoms with Crippen LogP contribution in [0.1, 0.15) is 114 Å². The number of piperidine rings is 1. The van der Waals surface area contributed by atoms with Crippen molar-refractivity contribution in [3.05, 3.63) is 310 Å². The molecule has 9 aromatic carbocycles. The van der Waals surface area contributed by atoms with E-state index in [0.29, 0.717) is 5.92 Å². The highest BCUT2D eigenvalue weighted by molar-refractivity contribution is 6.08. The Balaban J connectivity index is 0.000000138. The summed E-state index contributed by atoms with van der Waals surface area (Å²) in [6.45, 7) is 15.1. The SMILES string of the molecule is COc1ccc2c(c1)C(C)(C1C=CCCC1)C(/C=C/c1ccc(N3CCOCC3)cc1)=[N+]2C.Cc1ccc2c(c1)C(Cc1ccccc1)(Cc1ccccc1)C(/C=C/c1ccc(N3CCCCC3)cc1)=[N+]2C.Cc1ccccc1CC1(C)C(/C=C/c2ccc(N(C)C)cc2)=[N+](C)c2ccccc21. The van der Waals surface area contributed by atoms with Gasteiger partial charge in [0.05, 0.1) is 36.6 Å². The van der Waals surface area contributed by atoms with Crippen LogP contribution in [0.5, 0.6) is 5.75 Å². The Morgan fingerprint density at radius 3 is 1.61 bits per heavy atom. The second-order valence-corrected chi connectivity index (χ2v) is 29.6. The summed E-state index contributed by atoms with van der Waals surface area (Å²) in [7, 11) is 12.5. The molecule has 0 saturated carbocycles. The maximum atomic E-state index is 5.61. The molecule has 6 aliphatic rings. The van der Waals surface area contributed by atoms with Crippen LogP contribution in [-0.2, 0) is 40.2 Å². The van der Waals surface area contributed by atoms with E-state index < -0.39 is 0 Å². The Morgan fingerprint density at radius 2 is 1.01 bits per heavy atom. The second-order valence-electron chi connectivity index (χ2n) is 29.6. The van der Waals surface area contributed by atoms with Gasteiger partial charge in [-0.25, -0.2) is 0 Å². The molecule has 9 aromatic rings. The van der Waals surface area contributed by atoms with E-state index in [0.717, 1.165) is 51.3 Å². The molecule has 102 heavy (non-hydrogen) atoms. The highest BCUT2D eigenvalue weighted by Gasteiger charge is 2.53. The van der Waals surface area contributed by atoms with Crippen LogP contribution in [0.3, 0.4) is 0 Å². The van der Waals surface area contributed by atoms with Gasteiger partial charge in [0.1, 0.15) is 26.9 Å². The minimum atomic E-state index is -0.164. The van der Waals surface area contributed by atoms with Crippen LogP contribution in [0.25, 0.3) is 18.2 Å². The van der Waals surface area contributed by atoms with Gasteiger partial charge in [-0.3, -0.25) is 0 Å². The molecule has 3 unspecified atom stereocenters. The third-order valence-corrected chi connectivity index (χ3v) is 22.8. The van der Waals surface area contributed by atoms with Gasteiger partial charge in [0, 0.05) is 110 Å². The summed E-state index contributed by atoms with van der Waals surface area (Å²) in [6, 6.07) is 79.9. The third kappa shape index (κ3) is 15.0. The molecule has 8 nitrogen and oxygen atoms in total. The largest absolute Gasteiger partial charge is 0.497 e. The summed E-state index contributed by atoms with van der Waals surface area (Å²) in [5.74, 6) is 1.41. The van der Waals surface area contributed by atoms with Crippen LogP contribution < -0.4 is 19.4 Å². The minimum Gasteiger partial charge on any atom is -0.497 e. The quantitative estimate of drug-likeness (QED) is 0.0671. The zero-order chi connectivity index (χ0) is 70.8. The summed E-state index contributed by atoms with van der Waals surface area (Å²) >= 11 is 0. The summed E-state index contributed by atoms with van der Waals surface area (Å²) in [5, 5.41) is 0. The highest BCUT2D eigenvalue weighted by atomic mass is 16.5. The molecule has 2 saturated heterocycles. The van der Waals surface area contributed by atoms with Crippen molar-refractivity contribution in [2.24, 2.45) is 5.92 Å². The normalized spacial score (nSPS) is 19.8. The molecule has 0 radical (unpaired) electrons. The molecule has 0 bridgehead atoms. The van der Waals surface area contributed by atoms with Gasteiger partial charge >= 0.3 is 0 Å². The average Bonchev–Trinajstić information content (AvgIpc) is 1.58. The van der Waals surface area contributed by atoms with Crippen molar-refractivity contribution in [3.63, 3.8) is 0 Å². The van der Waals surface area contributed by atoms with Gasteiger partial charge < -0.3 is 24.2 Å². The van der Waals surface area contributed by atoms with E-state index in [1.165, 1.54) is 164 Å². The van der Waals surface area contributed by atoms with Crippen LogP contribution >= 0.6 is 0 Å². The number of para-hydroxylation sites is 1. The number of rotatable bonds is 17. The maximum Gasteiger partial charge on any atom is 0.209 e. The van der Waals surface area contributed by atoms with E-state index in [1.807, 2.05) is 0 Å². The number of aryl methyl sites for hydroxylation is 2. The fraction of sp³-hybridized carbons (Fsp3) is 0.309. The lowest BCUT2D eigenvalue weighted by molar-refractivity contribution is -0.401. The highest BCUT2D eigenvalue weighted by Crippen LogP contribution is 2.50. The van der Waals surface area contributed by atoms with Gasteiger partial charge in [-0.05, 0) is 203 Å². The van der Waals surface area contributed by atoms with Crippen molar-refractivity contribution < 1.29 is 23.2 Å². The molecule has 5 heterocycles. The maximum absolute atomic E-state index is 5.61. The van der Waals surface area contributed by atoms with E-state index in [4.69, 9.17) is 9.47 Å². The molecular weight excluding hydrogens is 1250 g/mol. The molecule has 520 valence electrons. The van der Waals surface area contributed by atoms with Gasteiger partial charge in [0.2, 0.25) is 17.1 Å². The van der Waals surface area contributed by atoms with Crippen molar-refractivity contribution >= 4 is 69.5 Å². The molecular formula is C94H105N6O2+3. The fourth-order valence-electron chi connectivity index (χ4n) is 17.0. The first-order chi connectivity index (χ1) is 49.6. The number of allylic oxidation sites excluding steroid dienone is 5. The molecule has 2 fully saturated rings. The van der Waals surface area contributed by atoms with E-state index in [9.17, 15) is 0 Å². The van der Waals surface area contributed by atoms with Crippen molar-refractivity contribution in [3.8, 4) is 5.75 Å². The van der Waals surface area contributed by atoms with E-state index in [-0.39, 0.29) is 16.2 Å². The molecule has 0 amide bonds. The van der Waals surface area contributed by atoms with Crippen LogP contribution in [0.15, 0.2) is 249 Å². The predicted molar refractivity (Wildman–Crippen MR) is 431 cm³/mol. The lowest BCUT2D eigenvalue weighted by Crippen LogP contribution is -2.39. The number of methoxy groups -OCH3 is 1. The Morgan fingerprint density at radius 1 is 0.490 bits per heavy atom. The Kier molecular flexibility index (Phi) is 21.8. The van der Waals surface area contributed by atoms with Gasteiger partial charge in [-0.1, -0.05) is 163 Å². The molecule has 0 spiro atoms. The number of benzene rings is 9. The summed E-state index contributed by atoms with van der Waals surface area (Å²) < 4.78 is 18.3. The number of morpholine rings is 1. The van der Waals surface area contributed by atoms with Gasteiger partial charge in [-0.15, -0.1) is 0 Å². The molecule has 1 aliphatic carbocycles. The minimum absolute atomic E-state index is 0.0719. The number of hydrogen-bond donors (Lipinski definition) is 0. The third-order valence-electron chi connectivity index (χ3n) is 22.8. The fourth-order valence-corrected chi connectivity index (χ4v) is 17.0. The van der Waals surface area contributed by atoms with Crippen molar-refractivity contribution in [2.75, 3.05) is 96.4 Å². The summed E-state index contributed by atoms with van der Waals surface area (Å²) in [4.78, 5) is 7.05. The van der Waals surface area contributed by atoms with Crippen molar-refractivity contribution in [1.82, 2.24) is 0 Å². The Labute approximate surface area is 609 Å². The van der Waals surface area contributed by atoms with Crippen LogP contribution in [0.4, 0.5) is 34.1 Å². The number of anilines is 3. The standard InChI is InChI=1S/C37H39N2.C29H35N2O2.C28H31N2/c1-29-16-22-35-34(26-29)37(27-31-12-6-3-7-13-31,28-32-14-8-4-9-15-32)36(38(35)2)23-19-30-17-20-33(21-18-30)39-24-10-5-11-25-39;1-29(23-7-5-4-6-8-23)26-21-25(32-3)14-15-27(26)30(2)28(29)16-11-22-9-12-24(13-10-22)31-17-19-33-20-18-31;1-21-10-6-7-11-23(21)20-28(2)25-12-8-9-13-26(25)30(5)27(28)19-16-22-14-17-24(18-15-22)29(3)4/h3-4,6-9,12-23,26H,5,10-11,24-25,27-28H2,1-2H3;5,7,9-16,21,23H,4,6,8,17-20H2,1-3H3;6-19H,20H2,1-5H3/q3*+1. The average molecular weight is 1350 g/mol. The zero-order valence-corrected chi connectivity index (χ0v) is 62.1. The van der Waals surface area contributed by atoms with Crippen LogP contribution in [0, 0.1) is 19.8 Å². The predicted octanol–water partition coefficient (Wildman–Crippen LogP) is 19.7. The van der Waals surface area contributed by atoms with E-state index >= 15 is 0 Å². The first-order valence-electron chi connectivity index (χ1n) is 37.2. The zero-order valence-electron chi connectivity index (χ0n) is 62.1. The molecule has 8 heteroatoms. The van der Waals surface area contributed by atoms with Crippen molar-refractivity contribution in [2.45, 2.75) is 102 Å². The van der Waals surface area contributed by atoms with E-state index in [2.05, 4.69) is 358 Å². The number of hydrogen-bond acceptors (Lipinski definition) is 5. The molecule has 3 atom stereocenters. The summed E-state index contributed by atoms with van der Waals surface area (Å²) in [6.07, 6.45) is 29.2. The Bertz CT molecular complexity index is 4580. The Hall–Kier alpha value is -9.89. The first kappa shape index (κ1) is 70.5. The van der Waals surface area contributed by atoms with Gasteiger partial charge in [-0.2, -0.15) is 13.7 Å². The molecule has 0 N–H and O–H groups in total. The lowest BCUT2D eigenvalue weighted by atomic mass is 9.66. The van der Waals surface area contributed by atoms with Gasteiger partial charge in [0.25, 0.3) is 0 Å². The van der Waals surface area contributed by atoms with Crippen LogP contribution in [0.2, 0.25) is 0 Å². The summed E-state index contributed by atoms with van der Waals surface area (Å²) in [5.41, 5.74) is 26.2. The van der Waals surface area contributed by atoms with Crippen LogP contribution in [-0.4, -0.2) is 113 Å². The molecule has 0 aromatic heterocycles. The number of nitrogens with zero attached hydrogens (tertiary/aromatic N) is 6. The topological polar surface area (TPSA) is 37.2 Å². The van der Waals surface area contributed by atoms with E-state index in [1.54, 1.807) is 7.11 Å². The van der Waals surface area contributed by atoms with Gasteiger partial charge in [0.15, 0.2) is 17.1 Å². The number of fused-ring (bicyclic) bond motifs is 3. The first-order valence-corrected chi connectivity index (χ1v) is 37.2. The smallest absolute Gasteiger partial charge is 0.209 e. The van der Waals surface area contributed by atoms with Crippen molar-refractivity contribution in [1.29, 1.82) is 0 Å². The lowest BCUT2D eigenvalue weighted by Gasteiger charge is -2.32. The monoisotopic (exact) mass is 1350 g/mol. The molecule has 15 rings (SSSR count). The second kappa shape index (κ2) is 31.6. The number of ether oxygens (including phenoxy) is 2.